The lowest BCUT2D eigenvalue weighted by atomic mass is 10.0. The van der Waals surface area contributed by atoms with Crippen molar-refractivity contribution >= 4 is 127 Å². The van der Waals surface area contributed by atoms with Gasteiger partial charge in [0.1, 0.15) is 23.5 Å². The second-order valence-electron chi connectivity index (χ2n) is 26.5. The van der Waals surface area contributed by atoms with Crippen LogP contribution in [-0.2, 0) is 42.1 Å². The lowest BCUT2D eigenvalue weighted by Gasteiger charge is -2.33. The molecule has 4 aliphatic heterocycles. The quantitative estimate of drug-likeness (QED) is 0.0858. The van der Waals surface area contributed by atoms with Gasteiger partial charge in [-0.1, -0.05) is 88.0 Å². The molecule has 548 valence electrons. The minimum atomic E-state index is -1.00. The first-order chi connectivity index (χ1) is 49.7. The van der Waals surface area contributed by atoms with E-state index in [2.05, 4.69) is 109 Å². The lowest BCUT2D eigenvalue weighted by Crippen LogP contribution is -2.46. The number of Topliss-reactive ketones (excluding diaryl/α,β-unsaturated/α-hetero) is 1. The molecule has 3 fully saturated rings. The maximum Gasteiger partial charge on any atom is 0.407 e. The number of alkyl halides is 1. The van der Waals surface area contributed by atoms with E-state index in [9.17, 15) is 41.9 Å². The smallest absolute Gasteiger partial charge is 0.407 e. The Morgan fingerprint density at radius 2 is 1.01 bits per heavy atom. The third-order valence-corrected chi connectivity index (χ3v) is 19.8. The summed E-state index contributed by atoms with van der Waals surface area (Å²) in [6, 6.07) is 33.9. The standard InChI is InChI=1S/C23H26BrFN4O.C20H27BrN4O3.C15H19BrN4O.C9H6BrNO.C8H7FO.CH3F/c1-16-2-3-17(12-20(16)25)14-26-19-6-8-28(9-7-19)10-11-29-22-13-18(24)4-5-21(22)27-15-23(29)30;1-20(2,3)28-19(27)23-15-6-8-24(9-7-15)10-11-25-17-12-14(21)4-5-16(17)22-13-18(25)26;16-11-1-2-13-14(9-11)20(15(21)10-18-13)8-7-19-5-3-12(17)4-6-19;10-7-1-2-9-6(3-7)4-8(12)5-11-9;1-6-2-3-7(5-10)4-8(6)9;1-2/h2-5,12-13,15,19,26H,6-11,14H2,1H3;4-5,12-13,15H,6-11H2,1-3H3,(H,23,27);1-2,9-10,12H,3-8,17H2;1-3,5H,4H2;2-5H,1H3;1H3/i;;;;;1D. The van der Waals surface area contributed by atoms with Gasteiger partial charge in [-0.15, -0.1) is 0 Å². The number of piperidine rings is 3. The Morgan fingerprint density at radius 3 is 1.45 bits per heavy atom. The molecule has 6 aromatic carbocycles. The zero-order valence-electron chi connectivity index (χ0n) is 59.4. The number of rotatable bonds is 14. The maximum absolute atomic E-state index is 13.7. The van der Waals surface area contributed by atoms with E-state index in [-0.39, 0.29) is 46.2 Å². The van der Waals surface area contributed by atoms with Crippen molar-refractivity contribution in [1.29, 1.82) is 0 Å². The van der Waals surface area contributed by atoms with Gasteiger partial charge in [-0.3, -0.25) is 33.4 Å². The predicted octanol–water partition coefficient (Wildman–Crippen LogP) is 13.4. The van der Waals surface area contributed by atoms with Crippen LogP contribution in [0.3, 0.4) is 0 Å². The summed E-state index contributed by atoms with van der Waals surface area (Å²) < 4.78 is 56.3. The first-order valence-corrected chi connectivity index (χ1v) is 37.2. The Balaban J connectivity index is 0.000000171. The van der Waals surface area contributed by atoms with Crippen molar-refractivity contribution in [2.24, 2.45) is 10.7 Å². The molecule has 13 rings (SSSR count). The highest BCUT2D eigenvalue weighted by molar-refractivity contribution is 9.11. The highest BCUT2D eigenvalue weighted by Gasteiger charge is 2.25. The van der Waals surface area contributed by atoms with Crippen LogP contribution in [0.4, 0.5) is 23.7 Å². The SMILES string of the molecule is CC(C)(C)OC(=O)NC1CCN(CCn2c(=O)cnc3ccc(Br)cc32)CC1.Cc1ccc(C=O)cc1F.Cc1ccc(CNC2CCN(CCn3c(=O)cnc4ccc(Br)cc43)CC2)cc1F.NC1CCN(CCn2c(=O)cnc3ccc(Br)cc32)CC1.O=C1C=Nc2ccc(Br)cc2C1.[2H]CF. The number of carbonyl (C=O) groups is 3. The number of nitrogens with zero attached hydrogens (tertiary/aromatic N) is 10. The maximum atomic E-state index is 13.7. The number of benzene rings is 6. The summed E-state index contributed by atoms with van der Waals surface area (Å²) >= 11 is 13.8. The zero-order chi connectivity index (χ0) is 75.0. The van der Waals surface area contributed by atoms with Gasteiger partial charge in [0.15, 0.2) is 5.78 Å². The molecule has 3 saturated heterocycles. The number of alkyl carbamates (subject to hydrolysis) is 1. The number of aldehydes is 1. The Labute approximate surface area is 632 Å². The van der Waals surface area contributed by atoms with Crippen LogP contribution < -0.4 is 33.0 Å². The Morgan fingerprint density at radius 1 is 0.592 bits per heavy atom. The van der Waals surface area contributed by atoms with Gasteiger partial charge in [-0.05, 0) is 207 Å². The normalized spacial score (nSPS) is 15.3. The Kier molecular flexibility index (Phi) is 30.6. The van der Waals surface area contributed by atoms with Gasteiger partial charge in [-0.25, -0.2) is 28.5 Å². The number of ether oxygens (including phenoxy) is 1. The summed E-state index contributed by atoms with van der Waals surface area (Å²) in [5, 5.41) is 6.51. The molecule has 20 nitrogen and oxygen atoms in total. The van der Waals surface area contributed by atoms with Crippen molar-refractivity contribution in [1.82, 2.24) is 54.0 Å². The summed E-state index contributed by atoms with van der Waals surface area (Å²) in [7, 11) is -1.00. The van der Waals surface area contributed by atoms with Gasteiger partial charge in [-0.2, -0.15) is 0 Å². The van der Waals surface area contributed by atoms with E-state index >= 15 is 0 Å². The molecule has 27 heteroatoms. The van der Waals surface area contributed by atoms with Crippen molar-refractivity contribution < 1.29 is 33.7 Å². The summed E-state index contributed by atoms with van der Waals surface area (Å²) in [5.41, 5.74) is 14.8. The molecular formula is C76H88Br4F3N13O7. The van der Waals surface area contributed by atoms with Crippen LogP contribution in [0.1, 0.15) is 93.3 Å². The summed E-state index contributed by atoms with van der Waals surface area (Å²) in [6.07, 6.45) is 12.2. The molecule has 0 spiro atoms. The molecule has 0 bridgehead atoms. The third-order valence-electron chi connectivity index (χ3n) is 17.8. The molecule has 0 saturated carbocycles. The van der Waals surface area contributed by atoms with Gasteiger partial charge >= 0.3 is 6.09 Å². The minimum absolute atomic E-state index is 0.0469. The fraction of sp³-hybridized carbons (Fsp3) is 0.395. The number of halogens is 7. The van der Waals surface area contributed by atoms with Gasteiger partial charge in [0.05, 0.1) is 72.1 Å². The van der Waals surface area contributed by atoms with Crippen LogP contribution in [0.25, 0.3) is 33.1 Å². The molecule has 4 N–H and O–H groups in total. The number of nitrogens with one attached hydrogen (secondary N) is 2. The molecule has 3 aromatic heterocycles. The van der Waals surface area contributed by atoms with Crippen LogP contribution in [0.5, 0.6) is 0 Å². The van der Waals surface area contributed by atoms with Crippen LogP contribution in [0, 0.1) is 25.5 Å². The molecular weight excluding hydrogens is 1580 g/mol. The molecule has 0 atom stereocenters. The van der Waals surface area contributed by atoms with Crippen LogP contribution in [-0.4, -0.2) is 158 Å². The van der Waals surface area contributed by atoms with E-state index in [1.165, 1.54) is 30.9 Å². The number of amides is 1. The predicted molar refractivity (Wildman–Crippen MR) is 416 cm³/mol. The Hall–Kier alpha value is -7.47. The van der Waals surface area contributed by atoms with Crippen LogP contribution >= 0.6 is 63.7 Å². The second-order valence-corrected chi connectivity index (χ2v) is 30.1. The average molecular weight is 1670 g/mol. The van der Waals surface area contributed by atoms with Gasteiger partial charge in [0, 0.05) is 107 Å². The van der Waals surface area contributed by atoms with Crippen LogP contribution in [0.2, 0.25) is 0 Å². The molecule has 1 amide bonds. The number of hydrogen-bond donors (Lipinski definition) is 3. The number of aromatic nitrogens is 6. The average Bonchev–Trinajstić information content (AvgIpc) is 0.816. The van der Waals surface area contributed by atoms with Gasteiger partial charge in [0.25, 0.3) is 16.7 Å². The van der Waals surface area contributed by atoms with Crippen molar-refractivity contribution in [2.45, 2.75) is 129 Å². The van der Waals surface area contributed by atoms with Crippen molar-refractivity contribution in [2.75, 3.05) is 66.1 Å². The number of ketones is 1. The highest BCUT2D eigenvalue weighted by Crippen LogP contribution is 2.27. The Bertz CT molecular complexity index is 4620. The van der Waals surface area contributed by atoms with Crippen LogP contribution in [0.15, 0.2) is 165 Å². The van der Waals surface area contributed by atoms with E-state index in [1.807, 2.05) is 115 Å². The van der Waals surface area contributed by atoms with E-state index in [4.69, 9.17) is 11.8 Å². The first kappa shape index (κ1) is 79.6. The number of hydrogen-bond acceptors (Lipinski definition) is 16. The van der Waals surface area contributed by atoms with Gasteiger partial charge < -0.3 is 49.5 Å². The fourth-order valence-electron chi connectivity index (χ4n) is 12.0. The summed E-state index contributed by atoms with van der Waals surface area (Å²) in [6.45, 7) is 19.9. The van der Waals surface area contributed by atoms with Crippen molar-refractivity contribution in [3.05, 3.63) is 216 Å². The van der Waals surface area contributed by atoms with Gasteiger partial charge in [0.2, 0.25) is 0 Å². The largest absolute Gasteiger partial charge is 0.444 e. The summed E-state index contributed by atoms with van der Waals surface area (Å²) in [4.78, 5) is 93.6. The van der Waals surface area contributed by atoms with E-state index in [0.717, 1.165) is 165 Å². The van der Waals surface area contributed by atoms with Crippen molar-refractivity contribution in [3.63, 3.8) is 0 Å². The number of aliphatic imine (C=N–C) groups is 1. The summed E-state index contributed by atoms with van der Waals surface area (Å²) in [5.74, 6) is -0.403. The number of aryl methyl sites for hydroxylation is 2. The third kappa shape index (κ3) is 25.1. The molecule has 7 heterocycles. The molecule has 103 heavy (non-hydrogen) atoms. The van der Waals surface area contributed by atoms with E-state index < -0.39 is 12.8 Å². The van der Waals surface area contributed by atoms with E-state index in [1.54, 1.807) is 36.6 Å². The molecule has 4 aliphatic rings. The monoisotopic (exact) mass is 1670 g/mol. The zero-order valence-corrected chi connectivity index (χ0v) is 64.8. The number of likely N-dealkylation sites (tertiary alicyclic amines) is 3. The first-order valence-electron chi connectivity index (χ1n) is 34.7. The molecule has 0 aliphatic carbocycles. The lowest BCUT2D eigenvalue weighted by molar-refractivity contribution is -0.112. The fourth-order valence-corrected chi connectivity index (χ4v) is 13.5. The molecule has 0 radical (unpaired) electrons. The highest BCUT2D eigenvalue weighted by atomic mass is 79.9. The number of carbonyl (C=O) groups excluding carboxylic acids is 3. The second kappa shape index (κ2) is 39.6. The molecule has 9 aromatic rings. The minimum Gasteiger partial charge on any atom is -0.444 e. The number of fused-ring (bicyclic) bond motifs is 4. The van der Waals surface area contributed by atoms with Crippen molar-refractivity contribution in [3.8, 4) is 0 Å². The molecule has 0 unspecified atom stereocenters. The van der Waals surface area contributed by atoms with E-state index in [0.29, 0.717) is 67.7 Å². The number of nitrogens with two attached hydrogens (primary N) is 1. The topological polar surface area (TPSA) is 237 Å².